The van der Waals surface area contributed by atoms with Gasteiger partial charge >= 0.3 is 5.97 Å². The summed E-state index contributed by atoms with van der Waals surface area (Å²) in [7, 11) is 1.80. The van der Waals surface area contributed by atoms with Crippen molar-refractivity contribution in [1.29, 1.82) is 0 Å². The standard InChI is InChI=1S/C31H46N2O4S/c1-21-8-10-22(11-9-21)29(34)33(26-19-25(14-15-31(2,3)4)38-28(26)30(35)36)24-12-13-27(37-5)23(18-24)20-32-16-6-7-17-32/h19,21-24,27H,6-13,16-18,20H2,1-5H3,(H,35,36)/t21-,22-,23-,24+,27+/m0/s1. The van der Waals surface area contributed by atoms with Gasteiger partial charge in [-0.15, -0.1) is 11.3 Å². The van der Waals surface area contributed by atoms with Gasteiger partial charge in [-0.2, -0.15) is 0 Å². The summed E-state index contributed by atoms with van der Waals surface area (Å²) in [4.78, 5) is 32.1. The molecule has 210 valence electrons. The van der Waals surface area contributed by atoms with E-state index in [1.165, 1.54) is 24.2 Å². The molecule has 1 aromatic heterocycles. The topological polar surface area (TPSA) is 70.1 Å². The quantitative estimate of drug-likeness (QED) is 0.411. The second kappa shape index (κ2) is 12.5. The number of anilines is 1. The zero-order chi connectivity index (χ0) is 27.4. The van der Waals surface area contributed by atoms with Crippen LogP contribution in [0.2, 0.25) is 0 Å². The van der Waals surface area contributed by atoms with Gasteiger partial charge in [0.15, 0.2) is 0 Å². The summed E-state index contributed by atoms with van der Waals surface area (Å²) in [5.74, 6) is 6.47. The van der Waals surface area contributed by atoms with Crippen LogP contribution >= 0.6 is 11.3 Å². The molecule has 2 saturated carbocycles. The molecule has 0 unspecified atom stereocenters. The minimum atomic E-state index is -0.983. The van der Waals surface area contributed by atoms with Crippen LogP contribution in [0.15, 0.2) is 6.07 Å². The molecule has 4 rings (SSSR count). The molecule has 1 saturated heterocycles. The molecule has 1 aliphatic heterocycles. The van der Waals surface area contributed by atoms with Crippen LogP contribution in [0.5, 0.6) is 0 Å². The van der Waals surface area contributed by atoms with Crippen LogP contribution in [0.3, 0.4) is 0 Å². The van der Waals surface area contributed by atoms with Crippen LogP contribution in [0.4, 0.5) is 5.69 Å². The average molecular weight is 543 g/mol. The van der Waals surface area contributed by atoms with Gasteiger partial charge < -0.3 is 19.6 Å². The summed E-state index contributed by atoms with van der Waals surface area (Å²) in [5.41, 5.74) is 0.355. The Labute approximate surface area is 233 Å². The fraction of sp³-hybridized carbons (Fsp3) is 0.742. The minimum absolute atomic E-state index is 0.0306. The number of hydrogen-bond acceptors (Lipinski definition) is 5. The smallest absolute Gasteiger partial charge is 0.348 e. The van der Waals surface area contributed by atoms with Gasteiger partial charge in [-0.05, 0) is 110 Å². The number of carboxylic acid groups (broad SMARTS) is 1. The third-order valence-electron chi connectivity index (χ3n) is 8.57. The van der Waals surface area contributed by atoms with E-state index in [0.29, 0.717) is 22.4 Å². The highest BCUT2D eigenvalue weighted by molar-refractivity contribution is 7.15. The van der Waals surface area contributed by atoms with Gasteiger partial charge in [0, 0.05) is 31.0 Å². The summed E-state index contributed by atoms with van der Waals surface area (Å²) >= 11 is 1.20. The fourth-order valence-electron chi connectivity index (χ4n) is 6.47. The molecular formula is C31H46N2O4S. The van der Waals surface area contributed by atoms with E-state index in [1.54, 1.807) is 7.11 Å². The molecule has 0 radical (unpaired) electrons. The molecule has 1 aromatic rings. The largest absolute Gasteiger partial charge is 0.477 e. The molecule has 38 heavy (non-hydrogen) atoms. The van der Waals surface area contributed by atoms with Gasteiger partial charge in [0.05, 0.1) is 16.7 Å². The summed E-state index contributed by atoms with van der Waals surface area (Å²) in [6, 6.07) is 1.84. The fourth-order valence-corrected chi connectivity index (χ4v) is 7.31. The number of carboxylic acids is 1. The first-order valence-electron chi connectivity index (χ1n) is 14.5. The van der Waals surface area contributed by atoms with Gasteiger partial charge in [0.1, 0.15) is 4.88 Å². The second-order valence-corrected chi connectivity index (χ2v) is 13.9. The van der Waals surface area contributed by atoms with E-state index < -0.39 is 5.97 Å². The van der Waals surface area contributed by atoms with Crippen molar-refractivity contribution in [2.75, 3.05) is 31.6 Å². The molecular weight excluding hydrogens is 496 g/mol. The van der Waals surface area contributed by atoms with E-state index in [0.717, 1.165) is 64.6 Å². The van der Waals surface area contributed by atoms with E-state index in [4.69, 9.17) is 4.74 Å². The van der Waals surface area contributed by atoms with Gasteiger partial charge in [-0.3, -0.25) is 4.79 Å². The lowest BCUT2D eigenvalue weighted by Crippen LogP contribution is -2.50. The maximum Gasteiger partial charge on any atom is 0.348 e. The zero-order valence-electron chi connectivity index (χ0n) is 23.9. The Morgan fingerprint density at radius 3 is 2.42 bits per heavy atom. The van der Waals surface area contributed by atoms with Crippen molar-refractivity contribution in [1.82, 2.24) is 4.90 Å². The van der Waals surface area contributed by atoms with Crippen molar-refractivity contribution < 1.29 is 19.4 Å². The number of ether oxygens (including phenoxy) is 1. The van der Waals surface area contributed by atoms with Crippen molar-refractivity contribution in [2.45, 2.75) is 97.6 Å². The monoisotopic (exact) mass is 542 g/mol. The molecule has 0 bridgehead atoms. The number of methoxy groups -OCH3 is 1. The molecule has 3 atom stereocenters. The predicted molar refractivity (Wildman–Crippen MR) is 154 cm³/mol. The Morgan fingerprint density at radius 2 is 1.82 bits per heavy atom. The van der Waals surface area contributed by atoms with Gasteiger partial charge in [-0.1, -0.05) is 18.8 Å². The lowest BCUT2D eigenvalue weighted by atomic mass is 9.79. The number of carbonyl (C=O) groups excluding carboxylic acids is 1. The van der Waals surface area contributed by atoms with Crippen LogP contribution in [0, 0.1) is 35.0 Å². The first kappa shape index (κ1) is 29.1. The number of likely N-dealkylation sites (tertiary alicyclic amines) is 1. The number of carbonyl (C=O) groups is 2. The average Bonchev–Trinajstić information content (AvgIpc) is 3.53. The Kier molecular flexibility index (Phi) is 9.60. The number of nitrogens with zero attached hydrogens (tertiary/aromatic N) is 2. The van der Waals surface area contributed by atoms with Crippen molar-refractivity contribution in [2.24, 2.45) is 23.2 Å². The Hall–Kier alpha value is -1.88. The molecule has 1 N–H and O–H groups in total. The molecule has 1 amide bonds. The predicted octanol–water partition coefficient (Wildman–Crippen LogP) is 6.28. The minimum Gasteiger partial charge on any atom is -0.477 e. The lowest BCUT2D eigenvalue weighted by molar-refractivity contribution is -0.124. The first-order valence-corrected chi connectivity index (χ1v) is 15.4. The van der Waals surface area contributed by atoms with Crippen LogP contribution in [0.1, 0.15) is 100 Å². The van der Waals surface area contributed by atoms with Crippen molar-refractivity contribution in [3.63, 3.8) is 0 Å². The van der Waals surface area contributed by atoms with Crippen molar-refractivity contribution in [3.8, 4) is 11.8 Å². The van der Waals surface area contributed by atoms with Crippen molar-refractivity contribution in [3.05, 3.63) is 15.8 Å². The molecule has 0 aromatic carbocycles. The summed E-state index contributed by atoms with van der Waals surface area (Å²) in [6.07, 6.45) is 9.06. The van der Waals surface area contributed by atoms with Crippen LogP contribution < -0.4 is 4.90 Å². The maximum atomic E-state index is 14.3. The molecule has 0 spiro atoms. The second-order valence-electron chi connectivity index (χ2n) is 12.8. The summed E-state index contributed by atoms with van der Waals surface area (Å²) in [5, 5.41) is 10.2. The zero-order valence-corrected chi connectivity index (χ0v) is 24.7. The highest BCUT2D eigenvalue weighted by Gasteiger charge is 2.41. The van der Waals surface area contributed by atoms with Gasteiger partial charge in [0.2, 0.25) is 5.91 Å². The Bertz CT molecular complexity index is 1030. The van der Waals surface area contributed by atoms with E-state index in [9.17, 15) is 14.7 Å². The maximum absolute atomic E-state index is 14.3. The lowest BCUT2D eigenvalue weighted by Gasteiger charge is -2.43. The van der Waals surface area contributed by atoms with Gasteiger partial charge in [0.25, 0.3) is 0 Å². The van der Waals surface area contributed by atoms with E-state index >= 15 is 0 Å². The normalized spacial score (nSPS) is 28.5. The van der Waals surface area contributed by atoms with E-state index in [-0.39, 0.29) is 34.3 Å². The van der Waals surface area contributed by atoms with E-state index in [1.807, 2.05) is 31.7 Å². The molecule has 2 aliphatic carbocycles. The number of aromatic carboxylic acids is 1. The number of hydrogen-bond donors (Lipinski definition) is 1. The first-order chi connectivity index (χ1) is 18.1. The SMILES string of the molecule is CO[C@@H]1CC[C@@H](N(c2cc(C#CC(C)(C)C)sc2C(=O)O)C(=O)[C@H]2CC[C@H](C)CC2)C[C@H]1CN1CCCC1. The number of rotatable bonds is 7. The summed E-state index contributed by atoms with van der Waals surface area (Å²) < 4.78 is 5.93. The highest BCUT2D eigenvalue weighted by atomic mass is 32.1. The Morgan fingerprint density at radius 1 is 1.13 bits per heavy atom. The van der Waals surface area contributed by atoms with E-state index in [2.05, 4.69) is 23.7 Å². The molecule has 3 aliphatic rings. The van der Waals surface area contributed by atoms with Gasteiger partial charge in [-0.25, -0.2) is 4.79 Å². The number of amides is 1. The van der Waals surface area contributed by atoms with Crippen LogP contribution in [-0.2, 0) is 9.53 Å². The third kappa shape index (κ3) is 7.20. The Balaban J connectivity index is 1.69. The van der Waals surface area contributed by atoms with Crippen molar-refractivity contribution >= 4 is 28.9 Å². The molecule has 2 heterocycles. The molecule has 3 fully saturated rings. The third-order valence-corrected chi connectivity index (χ3v) is 9.60. The van der Waals surface area contributed by atoms with Crippen LogP contribution in [0.25, 0.3) is 0 Å². The van der Waals surface area contributed by atoms with Crippen LogP contribution in [-0.4, -0.2) is 60.8 Å². The number of thiophene rings is 1. The highest BCUT2D eigenvalue weighted by Crippen LogP contribution is 2.40. The molecule has 6 nitrogen and oxygen atoms in total. The molecule has 7 heteroatoms. The summed E-state index contributed by atoms with van der Waals surface area (Å²) in [6.45, 7) is 11.6.